The van der Waals surface area contributed by atoms with Gasteiger partial charge < -0.3 is 19.7 Å². The van der Waals surface area contributed by atoms with Gasteiger partial charge in [-0.1, -0.05) is 27.7 Å². The van der Waals surface area contributed by atoms with Gasteiger partial charge in [0.1, 0.15) is 0 Å². The molecule has 0 heterocycles. The van der Waals surface area contributed by atoms with Crippen molar-refractivity contribution in [2.24, 2.45) is 11.8 Å². The summed E-state index contributed by atoms with van der Waals surface area (Å²) in [7, 11) is 0. The highest BCUT2D eigenvalue weighted by atomic mass is 16.5. The van der Waals surface area contributed by atoms with Crippen LogP contribution in [-0.4, -0.2) is 47.3 Å². The highest BCUT2D eigenvalue weighted by Gasteiger charge is 2.07. The standard InChI is InChI=1S/C14H26O4.C6H10O4.2C2H4/c1-11(2)9-17-13(15)7-5-6-8-14(16)18-10-12(3)4;7-5(8)3-1-2-4-6(9)10;2*1-2/h11-12H,5-10H2,1-4H3;1-4H2,(H,7,8)(H,9,10);2*1-2H2. The third kappa shape index (κ3) is 41.7. The van der Waals surface area contributed by atoms with Crippen molar-refractivity contribution >= 4 is 23.9 Å². The van der Waals surface area contributed by atoms with Crippen LogP contribution >= 0.6 is 0 Å². The van der Waals surface area contributed by atoms with Gasteiger partial charge in [-0.05, 0) is 37.5 Å². The monoisotopic (exact) mass is 460 g/mol. The van der Waals surface area contributed by atoms with Gasteiger partial charge in [-0.15, -0.1) is 26.3 Å². The van der Waals surface area contributed by atoms with Crippen LogP contribution in [-0.2, 0) is 28.7 Å². The molecule has 0 aliphatic rings. The van der Waals surface area contributed by atoms with Crippen molar-refractivity contribution in [1.29, 1.82) is 0 Å². The van der Waals surface area contributed by atoms with Crippen molar-refractivity contribution in [2.45, 2.75) is 79.1 Å². The van der Waals surface area contributed by atoms with Crippen LogP contribution < -0.4 is 0 Å². The van der Waals surface area contributed by atoms with E-state index in [1.807, 2.05) is 27.7 Å². The van der Waals surface area contributed by atoms with Crippen LogP contribution in [0.15, 0.2) is 26.3 Å². The Kier molecular flexibility index (Phi) is 32.5. The maximum atomic E-state index is 11.3. The van der Waals surface area contributed by atoms with E-state index in [1.165, 1.54) is 0 Å². The molecule has 0 atom stereocenters. The Labute approximate surface area is 193 Å². The molecule has 8 heteroatoms. The molecule has 0 aromatic carbocycles. The summed E-state index contributed by atoms with van der Waals surface area (Å²) >= 11 is 0. The molecule has 0 aromatic rings. The lowest BCUT2D eigenvalue weighted by Gasteiger charge is -2.08. The van der Waals surface area contributed by atoms with Crippen LogP contribution in [0.3, 0.4) is 0 Å². The van der Waals surface area contributed by atoms with Crippen molar-refractivity contribution in [2.75, 3.05) is 13.2 Å². The summed E-state index contributed by atoms with van der Waals surface area (Å²) in [5.41, 5.74) is 0. The summed E-state index contributed by atoms with van der Waals surface area (Å²) in [5.74, 6) is -1.38. The summed E-state index contributed by atoms with van der Waals surface area (Å²) in [4.78, 5) is 42.3. The van der Waals surface area contributed by atoms with Crippen molar-refractivity contribution in [3.8, 4) is 0 Å². The van der Waals surface area contributed by atoms with Crippen LogP contribution in [0, 0.1) is 11.8 Å². The highest BCUT2D eigenvalue weighted by Crippen LogP contribution is 2.05. The first-order valence-corrected chi connectivity index (χ1v) is 10.8. The molecule has 0 aromatic heterocycles. The van der Waals surface area contributed by atoms with Gasteiger partial charge >= 0.3 is 23.9 Å². The van der Waals surface area contributed by atoms with Gasteiger partial charge in [0, 0.05) is 25.7 Å². The zero-order chi connectivity index (χ0) is 25.9. The maximum Gasteiger partial charge on any atom is 0.305 e. The average Bonchev–Trinajstić information content (AvgIpc) is 2.74. The predicted octanol–water partition coefficient (Wildman–Crippen LogP) is 5.27. The second-order valence-corrected chi connectivity index (χ2v) is 7.36. The van der Waals surface area contributed by atoms with Crippen molar-refractivity contribution in [3.05, 3.63) is 26.3 Å². The first-order chi connectivity index (χ1) is 15.0. The van der Waals surface area contributed by atoms with E-state index >= 15 is 0 Å². The van der Waals surface area contributed by atoms with E-state index < -0.39 is 11.9 Å². The number of carboxylic acid groups (broad SMARTS) is 2. The molecule has 0 spiro atoms. The first kappa shape index (κ1) is 36.7. The number of ether oxygens (including phenoxy) is 2. The molecule has 8 nitrogen and oxygen atoms in total. The smallest absolute Gasteiger partial charge is 0.305 e. The second-order valence-electron chi connectivity index (χ2n) is 7.36. The number of esters is 2. The summed E-state index contributed by atoms with van der Waals surface area (Å²) < 4.78 is 10.1. The molecule has 0 amide bonds. The van der Waals surface area contributed by atoms with Gasteiger partial charge in [0.05, 0.1) is 13.2 Å². The third-order valence-corrected chi connectivity index (χ3v) is 3.20. The molecule has 0 radical (unpaired) electrons. The molecule has 2 N–H and O–H groups in total. The fourth-order valence-corrected chi connectivity index (χ4v) is 1.75. The van der Waals surface area contributed by atoms with Gasteiger partial charge in [0.2, 0.25) is 0 Å². The van der Waals surface area contributed by atoms with Crippen molar-refractivity contribution in [3.63, 3.8) is 0 Å². The quantitative estimate of drug-likeness (QED) is 0.204. The number of unbranched alkanes of at least 4 members (excludes halogenated alkanes) is 2. The highest BCUT2D eigenvalue weighted by molar-refractivity contribution is 5.70. The minimum atomic E-state index is -0.870. The van der Waals surface area contributed by atoms with Crippen LogP contribution in [0.5, 0.6) is 0 Å². The Balaban J connectivity index is -0.000000237. The van der Waals surface area contributed by atoms with E-state index in [1.54, 1.807) is 0 Å². The number of aliphatic carboxylic acids is 2. The van der Waals surface area contributed by atoms with Gasteiger partial charge in [-0.2, -0.15) is 0 Å². The van der Waals surface area contributed by atoms with Crippen molar-refractivity contribution < 1.29 is 38.9 Å². The van der Waals surface area contributed by atoms with Crippen molar-refractivity contribution in [1.82, 2.24) is 0 Å². The molecule has 0 saturated heterocycles. The lowest BCUT2D eigenvalue weighted by molar-refractivity contribution is -0.147. The molecule has 32 heavy (non-hydrogen) atoms. The number of carbonyl (C=O) groups excluding carboxylic acids is 2. The van der Waals surface area contributed by atoms with Crippen LogP contribution in [0.4, 0.5) is 0 Å². The number of hydrogen-bond acceptors (Lipinski definition) is 6. The topological polar surface area (TPSA) is 127 Å². The number of rotatable bonds is 14. The number of carboxylic acids is 2. The first-order valence-electron chi connectivity index (χ1n) is 10.8. The summed E-state index contributed by atoms with van der Waals surface area (Å²) in [6.07, 6.45) is 3.12. The zero-order valence-electron chi connectivity index (χ0n) is 20.4. The van der Waals surface area contributed by atoms with E-state index in [0.29, 0.717) is 63.6 Å². The Morgan fingerprint density at radius 1 is 0.594 bits per heavy atom. The lowest BCUT2D eigenvalue weighted by atomic mass is 10.2. The predicted molar refractivity (Wildman–Crippen MR) is 126 cm³/mol. The molecule has 0 aliphatic heterocycles. The van der Waals surface area contributed by atoms with E-state index in [4.69, 9.17) is 19.7 Å². The second kappa shape index (κ2) is 28.4. The minimum Gasteiger partial charge on any atom is -0.481 e. The molecule has 0 aliphatic carbocycles. The Morgan fingerprint density at radius 2 is 0.844 bits per heavy atom. The largest absolute Gasteiger partial charge is 0.481 e. The molecule has 0 bridgehead atoms. The van der Waals surface area contributed by atoms with Gasteiger partial charge in [-0.25, -0.2) is 0 Å². The molecule has 188 valence electrons. The zero-order valence-corrected chi connectivity index (χ0v) is 20.4. The maximum absolute atomic E-state index is 11.3. The van der Waals surface area contributed by atoms with Gasteiger partial charge in [0.15, 0.2) is 0 Å². The van der Waals surface area contributed by atoms with E-state index in [0.717, 1.165) is 0 Å². The summed E-state index contributed by atoms with van der Waals surface area (Å²) in [6, 6.07) is 0. The fraction of sp³-hybridized carbons (Fsp3) is 0.667. The van der Waals surface area contributed by atoms with Gasteiger partial charge in [0.25, 0.3) is 0 Å². The Morgan fingerprint density at radius 3 is 1.06 bits per heavy atom. The van der Waals surface area contributed by atoms with E-state index in [-0.39, 0.29) is 24.8 Å². The van der Waals surface area contributed by atoms with Crippen LogP contribution in [0.1, 0.15) is 79.1 Å². The Hall–Kier alpha value is -2.64. The molecule has 0 fully saturated rings. The molecule has 0 saturated carbocycles. The molecule has 0 unspecified atom stereocenters. The van der Waals surface area contributed by atoms with E-state index in [2.05, 4.69) is 26.3 Å². The third-order valence-electron chi connectivity index (χ3n) is 3.20. The fourth-order valence-electron chi connectivity index (χ4n) is 1.75. The number of carbonyl (C=O) groups is 4. The summed E-state index contributed by atoms with van der Waals surface area (Å²) in [5, 5.41) is 16.3. The average molecular weight is 461 g/mol. The van der Waals surface area contributed by atoms with Crippen LogP contribution in [0.25, 0.3) is 0 Å². The van der Waals surface area contributed by atoms with E-state index in [9.17, 15) is 19.2 Å². The lowest BCUT2D eigenvalue weighted by Crippen LogP contribution is -2.11. The molecular formula is C24H44O8. The minimum absolute atomic E-state index is 0.0628. The Bertz CT molecular complexity index is 442. The SMILES string of the molecule is C=C.C=C.CC(C)COC(=O)CCCCC(=O)OCC(C)C.O=C(O)CCCCC(=O)O. The summed E-state index contributed by atoms with van der Waals surface area (Å²) in [6.45, 7) is 20.9. The van der Waals surface area contributed by atoms with Crippen LogP contribution in [0.2, 0.25) is 0 Å². The normalized spacial score (nSPS) is 9.19. The number of hydrogen-bond donors (Lipinski definition) is 2. The molecular weight excluding hydrogens is 416 g/mol. The molecule has 0 rings (SSSR count). The van der Waals surface area contributed by atoms with Gasteiger partial charge in [-0.3, -0.25) is 19.2 Å².